The molecule has 0 bridgehead atoms. The lowest BCUT2D eigenvalue weighted by atomic mass is 10.1. The van der Waals surface area contributed by atoms with Gasteiger partial charge in [0.2, 0.25) is 11.8 Å². The number of hydrogen-bond acceptors (Lipinski definition) is 3. The fraction of sp³-hybridized carbons (Fsp3) is 0.526. The second-order valence-corrected chi connectivity index (χ2v) is 5.91. The first kappa shape index (κ1) is 19.9. The lowest BCUT2D eigenvalue weighted by Gasteiger charge is -2.25. The normalized spacial score (nSPS) is 10.3. The maximum Gasteiger partial charge on any atom is 0.224 e. The van der Waals surface area contributed by atoms with Crippen LogP contribution in [0.3, 0.4) is 0 Å². The first-order valence-electron chi connectivity index (χ1n) is 8.57. The average Bonchev–Trinajstić information content (AvgIpc) is 2.54. The Labute approximate surface area is 144 Å². The molecule has 0 aliphatic carbocycles. The zero-order valence-corrected chi connectivity index (χ0v) is 15.2. The second kappa shape index (κ2) is 9.85. The van der Waals surface area contributed by atoms with Gasteiger partial charge in [-0.3, -0.25) is 14.4 Å². The van der Waals surface area contributed by atoms with Crippen LogP contribution in [0.15, 0.2) is 24.3 Å². The molecule has 0 heterocycles. The number of hydrogen-bond donors (Lipinski definition) is 0. The molecule has 132 valence electrons. The van der Waals surface area contributed by atoms with Crippen molar-refractivity contribution in [3.05, 3.63) is 29.8 Å². The van der Waals surface area contributed by atoms with Crippen molar-refractivity contribution in [3.63, 3.8) is 0 Å². The minimum absolute atomic E-state index is 0.0477. The zero-order valence-electron chi connectivity index (χ0n) is 15.2. The number of Topliss-reactive ketones (excluding diaryl/α,β-unsaturated/α-hetero) is 1. The summed E-state index contributed by atoms with van der Waals surface area (Å²) in [4.78, 5) is 39.3. The molecule has 5 heteroatoms. The molecule has 0 unspecified atom stereocenters. The zero-order chi connectivity index (χ0) is 18.1. The minimum Gasteiger partial charge on any atom is -0.343 e. The van der Waals surface area contributed by atoms with Gasteiger partial charge in [0.05, 0.1) is 0 Å². The molecule has 24 heavy (non-hydrogen) atoms. The van der Waals surface area contributed by atoms with Crippen LogP contribution in [0.5, 0.6) is 0 Å². The lowest BCUT2D eigenvalue weighted by Crippen LogP contribution is -2.37. The van der Waals surface area contributed by atoms with Gasteiger partial charge in [-0.2, -0.15) is 0 Å². The van der Waals surface area contributed by atoms with Gasteiger partial charge in [-0.15, -0.1) is 0 Å². The fourth-order valence-corrected chi connectivity index (χ4v) is 2.63. The highest BCUT2D eigenvalue weighted by molar-refractivity contribution is 5.97. The standard InChI is InChI=1S/C19H28N2O3/c1-5-11-20(12-6-2)19(24)10-13-21(16(4)23)18-9-7-8-17(14-18)15(3)22/h7-9,14H,5-6,10-13H2,1-4H3. The van der Waals surface area contributed by atoms with Crippen LogP contribution in [0.2, 0.25) is 0 Å². The Morgan fingerprint density at radius 3 is 2.08 bits per heavy atom. The van der Waals surface area contributed by atoms with E-state index in [1.807, 2.05) is 18.7 Å². The number of carbonyl (C=O) groups is 3. The SMILES string of the molecule is CCCN(CCC)C(=O)CCN(C(C)=O)c1cccc(C(C)=O)c1. The molecule has 0 aromatic heterocycles. The number of nitrogens with zero attached hydrogens (tertiary/aromatic N) is 2. The summed E-state index contributed by atoms with van der Waals surface area (Å²) in [5, 5.41) is 0. The lowest BCUT2D eigenvalue weighted by molar-refractivity contribution is -0.131. The van der Waals surface area contributed by atoms with Gasteiger partial charge in [0.1, 0.15) is 0 Å². The molecule has 0 saturated carbocycles. The van der Waals surface area contributed by atoms with Crippen molar-refractivity contribution in [1.82, 2.24) is 4.90 Å². The van der Waals surface area contributed by atoms with E-state index in [9.17, 15) is 14.4 Å². The Morgan fingerprint density at radius 2 is 1.58 bits per heavy atom. The number of rotatable bonds is 9. The van der Waals surface area contributed by atoms with Gasteiger partial charge < -0.3 is 9.80 Å². The smallest absolute Gasteiger partial charge is 0.224 e. The summed E-state index contributed by atoms with van der Waals surface area (Å²) in [6, 6.07) is 6.96. The van der Waals surface area contributed by atoms with Gasteiger partial charge in [-0.25, -0.2) is 0 Å². The molecule has 0 N–H and O–H groups in total. The molecule has 1 aromatic rings. The summed E-state index contributed by atoms with van der Waals surface area (Å²) >= 11 is 0. The predicted molar refractivity (Wildman–Crippen MR) is 96.3 cm³/mol. The number of amides is 2. The Kier molecular flexibility index (Phi) is 8.16. The van der Waals surface area contributed by atoms with Crippen molar-refractivity contribution in [1.29, 1.82) is 0 Å². The molecule has 0 radical (unpaired) electrons. The quantitative estimate of drug-likeness (QED) is 0.652. The van der Waals surface area contributed by atoms with Gasteiger partial charge in [0, 0.05) is 44.2 Å². The average molecular weight is 332 g/mol. The molecule has 2 amide bonds. The first-order valence-corrected chi connectivity index (χ1v) is 8.57. The summed E-state index contributed by atoms with van der Waals surface area (Å²) in [6.45, 7) is 8.86. The largest absolute Gasteiger partial charge is 0.343 e. The second-order valence-electron chi connectivity index (χ2n) is 5.91. The third kappa shape index (κ3) is 5.80. The van der Waals surface area contributed by atoms with Crippen LogP contribution in [-0.2, 0) is 9.59 Å². The maximum absolute atomic E-state index is 12.4. The summed E-state index contributed by atoms with van der Waals surface area (Å²) in [5.41, 5.74) is 1.21. The van der Waals surface area contributed by atoms with Crippen LogP contribution in [0.1, 0.15) is 57.3 Å². The van der Waals surface area contributed by atoms with Crippen LogP contribution in [0.25, 0.3) is 0 Å². The molecule has 0 fully saturated rings. The van der Waals surface area contributed by atoms with E-state index in [2.05, 4.69) is 0 Å². The van der Waals surface area contributed by atoms with Crippen molar-refractivity contribution in [2.75, 3.05) is 24.5 Å². The summed E-state index contributed by atoms with van der Waals surface area (Å²) < 4.78 is 0. The molecular weight excluding hydrogens is 304 g/mol. The van der Waals surface area contributed by atoms with Crippen LogP contribution < -0.4 is 4.90 Å². The van der Waals surface area contributed by atoms with E-state index in [1.165, 1.54) is 13.8 Å². The third-order valence-electron chi connectivity index (χ3n) is 3.83. The van der Waals surface area contributed by atoms with Crippen molar-refractivity contribution in [2.45, 2.75) is 47.0 Å². The highest BCUT2D eigenvalue weighted by Gasteiger charge is 2.17. The predicted octanol–water partition coefficient (Wildman–Crippen LogP) is 3.28. The van der Waals surface area contributed by atoms with Crippen LogP contribution >= 0.6 is 0 Å². The van der Waals surface area contributed by atoms with Crippen LogP contribution in [0.4, 0.5) is 5.69 Å². The monoisotopic (exact) mass is 332 g/mol. The van der Waals surface area contributed by atoms with E-state index >= 15 is 0 Å². The van der Waals surface area contributed by atoms with Crippen molar-refractivity contribution >= 4 is 23.3 Å². The number of carbonyl (C=O) groups excluding carboxylic acids is 3. The topological polar surface area (TPSA) is 57.7 Å². The van der Waals surface area contributed by atoms with E-state index in [0.717, 1.165) is 25.9 Å². The number of benzene rings is 1. The van der Waals surface area contributed by atoms with Gasteiger partial charge in [-0.05, 0) is 31.9 Å². The maximum atomic E-state index is 12.4. The van der Waals surface area contributed by atoms with E-state index in [4.69, 9.17) is 0 Å². The van der Waals surface area contributed by atoms with Gasteiger partial charge in [-0.1, -0.05) is 26.0 Å². The van der Waals surface area contributed by atoms with Crippen LogP contribution in [-0.4, -0.2) is 42.1 Å². The Morgan fingerprint density at radius 1 is 0.958 bits per heavy atom. The molecule has 1 rings (SSSR count). The van der Waals surface area contributed by atoms with E-state index < -0.39 is 0 Å². The molecule has 0 atom stereocenters. The molecule has 0 aliphatic rings. The van der Waals surface area contributed by atoms with Gasteiger partial charge in [0.15, 0.2) is 5.78 Å². The van der Waals surface area contributed by atoms with Crippen LogP contribution in [0, 0.1) is 0 Å². The van der Waals surface area contributed by atoms with E-state index in [0.29, 0.717) is 17.8 Å². The van der Waals surface area contributed by atoms with Crippen molar-refractivity contribution in [2.24, 2.45) is 0 Å². The molecule has 0 aliphatic heterocycles. The molecule has 0 spiro atoms. The van der Waals surface area contributed by atoms with Crippen molar-refractivity contribution in [3.8, 4) is 0 Å². The molecular formula is C19H28N2O3. The van der Waals surface area contributed by atoms with Gasteiger partial charge in [0.25, 0.3) is 0 Å². The minimum atomic E-state index is -0.138. The number of anilines is 1. The summed E-state index contributed by atoms with van der Waals surface area (Å²) in [7, 11) is 0. The Balaban J connectivity index is 2.83. The molecule has 0 saturated heterocycles. The third-order valence-corrected chi connectivity index (χ3v) is 3.83. The Hall–Kier alpha value is -2.17. The van der Waals surface area contributed by atoms with E-state index in [1.54, 1.807) is 29.2 Å². The molecule has 1 aromatic carbocycles. The first-order chi connectivity index (χ1) is 11.4. The fourth-order valence-electron chi connectivity index (χ4n) is 2.63. The summed E-state index contributed by atoms with van der Waals surface area (Å²) in [6.07, 6.45) is 2.12. The summed E-state index contributed by atoms with van der Waals surface area (Å²) in [5.74, 6) is -0.123. The Bertz CT molecular complexity index is 578. The van der Waals surface area contributed by atoms with Crippen molar-refractivity contribution < 1.29 is 14.4 Å². The highest BCUT2D eigenvalue weighted by atomic mass is 16.2. The number of ketones is 1. The van der Waals surface area contributed by atoms with E-state index in [-0.39, 0.29) is 24.0 Å². The van der Waals surface area contributed by atoms with Gasteiger partial charge >= 0.3 is 0 Å². The molecule has 5 nitrogen and oxygen atoms in total. The highest BCUT2D eigenvalue weighted by Crippen LogP contribution is 2.18.